The van der Waals surface area contributed by atoms with E-state index in [1.165, 1.54) is 11.8 Å². The molecule has 0 unspecified atom stereocenters. The summed E-state index contributed by atoms with van der Waals surface area (Å²) in [5.74, 6) is 0.207. The van der Waals surface area contributed by atoms with E-state index in [4.69, 9.17) is 9.47 Å². The highest BCUT2D eigenvalue weighted by Gasteiger charge is 2.35. The lowest BCUT2D eigenvalue weighted by molar-refractivity contribution is -0.145. The lowest BCUT2D eigenvalue weighted by Crippen LogP contribution is -2.35. The van der Waals surface area contributed by atoms with E-state index in [0.29, 0.717) is 17.3 Å². The van der Waals surface area contributed by atoms with E-state index in [1.807, 2.05) is 45.9 Å². The highest BCUT2D eigenvalue weighted by Crippen LogP contribution is 2.36. The first-order chi connectivity index (χ1) is 13.6. The topological polar surface area (TPSA) is 68.2 Å². The summed E-state index contributed by atoms with van der Waals surface area (Å²) in [4.78, 5) is 31.4. The van der Waals surface area contributed by atoms with Crippen LogP contribution in [0.1, 0.15) is 40.2 Å². The number of hydrogen-bond acceptors (Lipinski definition) is 6. The van der Waals surface area contributed by atoms with Crippen LogP contribution in [0.2, 0.25) is 0 Å². The van der Waals surface area contributed by atoms with E-state index in [1.54, 1.807) is 11.8 Å². The molecule has 0 radical (unpaired) electrons. The number of aliphatic imine (C=N–C) groups is 1. The SMILES string of the molecule is CCOC(=O)COc1c(I)cc(/C=C2/SC(=NC(C)C)N(C(C)C)C2=O)cc1I. The molecular formula is C20H24I2N2O4S. The number of esters is 1. The molecular weight excluding hydrogens is 618 g/mol. The number of ether oxygens (including phenoxy) is 2. The maximum absolute atomic E-state index is 12.9. The largest absolute Gasteiger partial charge is 0.480 e. The smallest absolute Gasteiger partial charge is 0.344 e. The van der Waals surface area contributed by atoms with Gasteiger partial charge in [-0.3, -0.25) is 14.7 Å². The van der Waals surface area contributed by atoms with Crippen LogP contribution in [0.3, 0.4) is 0 Å². The second kappa shape index (κ2) is 11.0. The van der Waals surface area contributed by atoms with Gasteiger partial charge in [0.2, 0.25) is 0 Å². The fraction of sp³-hybridized carbons (Fsp3) is 0.450. The van der Waals surface area contributed by atoms with Crippen molar-refractivity contribution in [3.63, 3.8) is 0 Å². The van der Waals surface area contributed by atoms with Crippen LogP contribution in [-0.2, 0) is 14.3 Å². The van der Waals surface area contributed by atoms with E-state index in [-0.39, 0.29) is 24.6 Å². The molecule has 1 aliphatic heterocycles. The van der Waals surface area contributed by atoms with Gasteiger partial charge in [-0.25, -0.2) is 4.79 Å². The zero-order valence-corrected chi connectivity index (χ0v) is 22.1. The van der Waals surface area contributed by atoms with Gasteiger partial charge in [0.15, 0.2) is 11.8 Å². The number of carbonyl (C=O) groups excluding carboxylic acids is 2. The van der Waals surface area contributed by atoms with Gasteiger partial charge >= 0.3 is 5.97 Å². The summed E-state index contributed by atoms with van der Waals surface area (Å²) in [7, 11) is 0. The van der Waals surface area contributed by atoms with Crippen LogP contribution in [0.15, 0.2) is 22.0 Å². The Hall–Kier alpha value is -0.820. The Labute approximate surface area is 203 Å². The normalized spacial score (nSPS) is 17.1. The average Bonchev–Trinajstić information content (AvgIpc) is 2.88. The minimum Gasteiger partial charge on any atom is -0.480 e. The van der Waals surface area contributed by atoms with E-state index in [2.05, 4.69) is 50.2 Å². The number of rotatable bonds is 7. The second-order valence-electron chi connectivity index (χ2n) is 6.79. The Balaban J connectivity index is 2.28. The average molecular weight is 642 g/mol. The van der Waals surface area contributed by atoms with E-state index >= 15 is 0 Å². The van der Waals surface area contributed by atoms with Gasteiger partial charge in [0.05, 0.1) is 18.7 Å². The summed E-state index contributed by atoms with van der Waals surface area (Å²) in [5.41, 5.74) is 0.896. The van der Waals surface area contributed by atoms with Crippen molar-refractivity contribution in [3.8, 4) is 5.75 Å². The third-order valence-corrected chi connectivity index (χ3v) is 6.28. The van der Waals surface area contributed by atoms with Gasteiger partial charge in [-0.05, 0) is 115 Å². The zero-order chi connectivity index (χ0) is 21.7. The number of nitrogens with zero attached hydrogens (tertiary/aromatic N) is 2. The Bertz CT molecular complexity index is 830. The van der Waals surface area contributed by atoms with E-state index < -0.39 is 5.97 Å². The van der Waals surface area contributed by atoms with Gasteiger partial charge in [-0.15, -0.1) is 0 Å². The van der Waals surface area contributed by atoms with Crippen LogP contribution in [0, 0.1) is 7.14 Å². The first-order valence-corrected chi connectivity index (χ1v) is 12.2. The van der Waals surface area contributed by atoms with Crippen LogP contribution >= 0.6 is 56.9 Å². The maximum Gasteiger partial charge on any atom is 0.344 e. The summed E-state index contributed by atoms with van der Waals surface area (Å²) >= 11 is 5.74. The van der Waals surface area contributed by atoms with Crippen molar-refractivity contribution in [1.82, 2.24) is 4.90 Å². The van der Waals surface area contributed by atoms with Gasteiger partial charge in [0.1, 0.15) is 5.75 Å². The van der Waals surface area contributed by atoms with Crippen molar-refractivity contribution in [2.75, 3.05) is 13.2 Å². The molecule has 158 valence electrons. The Morgan fingerprint density at radius 1 is 1.24 bits per heavy atom. The van der Waals surface area contributed by atoms with Crippen molar-refractivity contribution in [2.24, 2.45) is 4.99 Å². The third-order valence-electron chi connectivity index (χ3n) is 3.68. The molecule has 1 aliphatic rings. The maximum atomic E-state index is 12.9. The molecule has 9 heteroatoms. The fourth-order valence-corrected chi connectivity index (χ4v) is 5.90. The molecule has 0 spiro atoms. The van der Waals surface area contributed by atoms with Crippen molar-refractivity contribution in [3.05, 3.63) is 29.7 Å². The van der Waals surface area contributed by atoms with Gasteiger partial charge in [-0.1, -0.05) is 0 Å². The van der Waals surface area contributed by atoms with Crippen LogP contribution in [0.5, 0.6) is 5.75 Å². The standard InChI is InChI=1S/C20H24I2N2O4S/c1-6-27-17(25)10-28-18-14(21)7-13(8-15(18)22)9-16-19(26)24(12(4)5)20(29-16)23-11(2)3/h7-9,11-12H,6,10H2,1-5H3/b16-9+,23-20?. The van der Waals surface area contributed by atoms with Crippen molar-refractivity contribution < 1.29 is 19.1 Å². The first kappa shape index (κ1) is 24.4. The molecule has 0 aliphatic carbocycles. The van der Waals surface area contributed by atoms with Gasteiger partial charge in [0, 0.05) is 12.1 Å². The van der Waals surface area contributed by atoms with Crippen LogP contribution in [0.25, 0.3) is 6.08 Å². The van der Waals surface area contributed by atoms with E-state index in [0.717, 1.165) is 17.9 Å². The molecule has 1 saturated heterocycles. The molecule has 0 bridgehead atoms. The van der Waals surface area contributed by atoms with Crippen LogP contribution in [-0.4, -0.2) is 47.2 Å². The molecule has 1 aromatic rings. The highest BCUT2D eigenvalue weighted by molar-refractivity contribution is 14.1. The number of halogens is 2. The third kappa shape index (κ3) is 6.58. The minimum atomic E-state index is -0.399. The summed E-state index contributed by atoms with van der Waals surface area (Å²) in [6, 6.07) is 4.02. The van der Waals surface area contributed by atoms with Crippen molar-refractivity contribution in [1.29, 1.82) is 0 Å². The highest BCUT2D eigenvalue weighted by atomic mass is 127. The number of benzene rings is 1. The predicted octanol–water partition coefficient (Wildman–Crippen LogP) is 4.93. The monoisotopic (exact) mass is 642 g/mol. The van der Waals surface area contributed by atoms with Crippen LogP contribution < -0.4 is 4.74 Å². The first-order valence-electron chi connectivity index (χ1n) is 9.22. The van der Waals surface area contributed by atoms with Gasteiger partial charge in [-0.2, -0.15) is 0 Å². The quantitative estimate of drug-likeness (QED) is 0.240. The number of hydrogen-bond donors (Lipinski definition) is 0. The number of thioether (sulfide) groups is 1. The number of amides is 1. The molecule has 0 aromatic heterocycles. The molecule has 0 saturated carbocycles. The predicted molar refractivity (Wildman–Crippen MR) is 134 cm³/mol. The lowest BCUT2D eigenvalue weighted by Gasteiger charge is -2.20. The number of carbonyl (C=O) groups is 2. The van der Waals surface area contributed by atoms with Gasteiger partial charge in [0.25, 0.3) is 5.91 Å². The summed E-state index contributed by atoms with van der Waals surface area (Å²) in [6.45, 7) is 9.92. The van der Waals surface area contributed by atoms with Crippen LogP contribution in [0.4, 0.5) is 0 Å². The Kier molecular flexibility index (Phi) is 9.26. The number of amidine groups is 1. The molecule has 0 atom stereocenters. The summed E-state index contributed by atoms with van der Waals surface area (Å²) in [6.07, 6.45) is 1.88. The molecule has 1 heterocycles. The molecule has 29 heavy (non-hydrogen) atoms. The minimum absolute atomic E-state index is 0.0305. The fourth-order valence-electron chi connectivity index (χ4n) is 2.54. The molecule has 1 aromatic carbocycles. The van der Waals surface area contributed by atoms with E-state index in [9.17, 15) is 9.59 Å². The molecule has 1 fully saturated rings. The van der Waals surface area contributed by atoms with Crippen molar-refractivity contribution in [2.45, 2.75) is 46.7 Å². The van der Waals surface area contributed by atoms with Gasteiger partial charge < -0.3 is 9.47 Å². The second-order valence-corrected chi connectivity index (χ2v) is 10.1. The zero-order valence-electron chi connectivity index (χ0n) is 17.0. The molecule has 1 amide bonds. The Morgan fingerprint density at radius 2 is 1.86 bits per heavy atom. The molecule has 6 nitrogen and oxygen atoms in total. The Morgan fingerprint density at radius 3 is 2.38 bits per heavy atom. The molecule has 0 N–H and O–H groups in total. The molecule has 2 rings (SSSR count). The lowest BCUT2D eigenvalue weighted by atomic mass is 10.2. The summed E-state index contributed by atoms with van der Waals surface area (Å²) in [5, 5.41) is 0.741. The summed E-state index contributed by atoms with van der Waals surface area (Å²) < 4.78 is 12.2. The van der Waals surface area contributed by atoms with Crippen molar-refractivity contribution >= 4 is 80.1 Å².